The van der Waals surface area contributed by atoms with Gasteiger partial charge < -0.3 is 9.64 Å². The van der Waals surface area contributed by atoms with Crippen LogP contribution < -0.4 is 0 Å². The second-order valence-electron chi connectivity index (χ2n) is 7.23. The maximum atomic E-state index is 13.5. The Balaban J connectivity index is 1.83. The molecular weight excluding hydrogens is 404 g/mol. The number of morpholine rings is 1. The SMILES string of the molecule is CN(Cc1ccccc1)S(=O)(=O)C1=C(N2CCOCC2)C(=O)c2ccccc2C1=O. The van der Waals surface area contributed by atoms with Gasteiger partial charge in [0.15, 0.2) is 4.91 Å². The zero-order valence-corrected chi connectivity index (χ0v) is 17.4. The summed E-state index contributed by atoms with van der Waals surface area (Å²) in [5, 5.41) is 0. The fourth-order valence-electron chi connectivity index (χ4n) is 3.73. The van der Waals surface area contributed by atoms with Crippen molar-refractivity contribution >= 4 is 21.6 Å². The summed E-state index contributed by atoms with van der Waals surface area (Å²) in [6.07, 6.45) is 0. The molecule has 0 atom stereocenters. The molecule has 1 saturated heterocycles. The van der Waals surface area contributed by atoms with Crippen LogP contribution in [0.3, 0.4) is 0 Å². The molecule has 0 aromatic heterocycles. The van der Waals surface area contributed by atoms with Gasteiger partial charge in [0.05, 0.1) is 13.2 Å². The van der Waals surface area contributed by atoms with Gasteiger partial charge in [0.25, 0.3) is 0 Å². The van der Waals surface area contributed by atoms with E-state index in [4.69, 9.17) is 4.74 Å². The van der Waals surface area contributed by atoms with Crippen LogP contribution in [0, 0.1) is 0 Å². The minimum atomic E-state index is -4.22. The molecule has 2 aromatic carbocycles. The Morgan fingerprint density at radius 2 is 1.47 bits per heavy atom. The molecule has 0 radical (unpaired) electrons. The number of rotatable bonds is 5. The molecule has 30 heavy (non-hydrogen) atoms. The first-order valence-electron chi connectivity index (χ1n) is 9.67. The lowest BCUT2D eigenvalue weighted by molar-refractivity contribution is 0.0498. The van der Waals surface area contributed by atoms with Crippen LogP contribution in [-0.4, -0.2) is 62.5 Å². The van der Waals surface area contributed by atoms with Crippen molar-refractivity contribution in [2.45, 2.75) is 6.54 Å². The summed E-state index contributed by atoms with van der Waals surface area (Å²) in [6, 6.07) is 15.5. The molecular formula is C22H22N2O5S. The molecule has 1 aliphatic heterocycles. The minimum Gasteiger partial charge on any atom is -0.378 e. The second-order valence-corrected chi connectivity index (χ2v) is 9.21. The van der Waals surface area contributed by atoms with Gasteiger partial charge in [-0.15, -0.1) is 0 Å². The van der Waals surface area contributed by atoms with Crippen molar-refractivity contribution in [3.05, 3.63) is 81.9 Å². The predicted molar refractivity (Wildman–Crippen MR) is 111 cm³/mol. The number of benzene rings is 2. The number of carbonyl (C=O) groups excluding carboxylic acids is 2. The standard InChI is InChI=1S/C22H22N2O5S/c1-23(15-16-7-3-2-4-8-16)30(27,28)22-19(24-11-13-29-14-12-24)20(25)17-9-5-6-10-18(17)21(22)26/h2-10H,11-15H2,1H3. The predicted octanol–water partition coefficient (Wildman–Crippen LogP) is 2.07. The molecule has 1 aliphatic carbocycles. The average Bonchev–Trinajstić information content (AvgIpc) is 2.77. The second kappa shape index (κ2) is 8.14. The molecule has 0 amide bonds. The van der Waals surface area contributed by atoms with Gasteiger partial charge >= 0.3 is 0 Å². The first-order valence-corrected chi connectivity index (χ1v) is 11.1. The van der Waals surface area contributed by atoms with Crippen molar-refractivity contribution in [1.82, 2.24) is 9.21 Å². The molecule has 1 heterocycles. The summed E-state index contributed by atoms with van der Waals surface area (Å²) < 4.78 is 33.6. The van der Waals surface area contributed by atoms with Crippen LogP contribution in [0.2, 0.25) is 0 Å². The first kappa shape index (κ1) is 20.5. The molecule has 4 rings (SSSR count). The Bertz CT molecular complexity index is 1120. The summed E-state index contributed by atoms with van der Waals surface area (Å²) in [7, 11) is -2.80. The molecule has 0 bridgehead atoms. The smallest absolute Gasteiger partial charge is 0.249 e. The van der Waals surface area contributed by atoms with E-state index in [9.17, 15) is 18.0 Å². The Hall–Kier alpha value is -2.81. The number of nitrogens with zero attached hydrogens (tertiary/aromatic N) is 2. The number of Topliss-reactive ketones (excluding diaryl/α,β-unsaturated/α-hetero) is 2. The summed E-state index contributed by atoms with van der Waals surface area (Å²) in [5.74, 6) is -1.09. The molecule has 0 spiro atoms. The Labute approximate surface area is 175 Å². The van der Waals surface area contributed by atoms with Gasteiger partial charge in [-0.05, 0) is 5.56 Å². The highest BCUT2D eigenvalue weighted by atomic mass is 32.2. The van der Waals surface area contributed by atoms with Crippen molar-refractivity contribution in [3.63, 3.8) is 0 Å². The van der Waals surface area contributed by atoms with Gasteiger partial charge in [0.1, 0.15) is 5.70 Å². The minimum absolute atomic E-state index is 0.0538. The van der Waals surface area contributed by atoms with E-state index < -0.39 is 26.5 Å². The van der Waals surface area contributed by atoms with Crippen molar-refractivity contribution in [3.8, 4) is 0 Å². The third kappa shape index (κ3) is 3.58. The lowest BCUT2D eigenvalue weighted by Gasteiger charge is -2.34. The zero-order chi connectivity index (χ0) is 21.3. The number of allylic oxidation sites excluding steroid dienone is 2. The number of hydrogen-bond donors (Lipinski definition) is 0. The van der Waals surface area contributed by atoms with E-state index in [0.717, 1.165) is 9.87 Å². The largest absolute Gasteiger partial charge is 0.378 e. The van der Waals surface area contributed by atoms with Crippen LogP contribution in [-0.2, 0) is 21.3 Å². The average molecular weight is 426 g/mol. The lowest BCUT2D eigenvalue weighted by Crippen LogP contribution is -2.44. The molecule has 1 fully saturated rings. The number of fused-ring (bicyclic) bond motifs is 1. The monoisotopic (exact) mass is 426 g/mol. The number of hydrogen-bond acceptors (Lipinski definition) is 6. The van der Waals surface area contributed by atoms with Crippen LogP contribution in [0.4, 0.5) is 0 Å². The van der Waals surface area contributed by atoms with Crippen molar-refractivity contribution in [2.75, 3.05) is 33.4 Å². The summed E-state index contributed by atoms with van der Waals surface area (Å²) in [4.78, 5) is 27.9. The van der Waals surface area contributed by atoms with Gasteiger partial charge in [-0.25, -0.2) is 8.42 Å². The van der Waals surface area contributed by atoms with Crippen LogP contribution in [0.15, 0.2) is 65.2 Å². The van der Waals surface area contributed by atoms with E-state index in [1.807, 2.05) is 30.3 Å². The molecule has 2 aliphatic rings. The maximum absolute atomic E-state index is 13.5. The normalized spacial score (nSPS) is 17.5. The Morgan fingerprint density at radius 1 is 0.900 bits per heavy atom. The van der Waals surface area contributed by atoms with E-state index in [2.05, 4.69) is 0 Å². The van der Waals surface area contributed by atoms with E-state index >= 15 is 0 Å². The lowest BCUT2D eigenvalue weighted by atomic mass is 9.91. The van der Waals surface area contributed by atoms with Gasteiger partial charge in [0, 0.05) is 37.8 Å². The molecule has 7 nitrogen and oxygen atoms in total. The van der Waals surface area contributed by atoms with Gasteiger partial charge in [0.2, 0.25) is 21.6 Å². The molecule has 0 unspecified atom stereocenters. The van der Waals surface area contributed by atoms with E-state index in [0.29, 0.717) is 26.3 Å². The van der Waals surface area contributed by atoms with Crippen LogP contribution in [0.5, 0.6) is 0 Å². The Morgan fingerprint density at radius 3 is 2.10 bits per heavy atom. The van der Waals surface area contributed by atoms with Crippen LogP contribution in [0.1, 0.15) is 26.3 Å². The molecule has 0 saturated carbocycles. The highest BCUT2D eigenvalue weighted by molar-refractivity contribution is 7.94. The van der Waals surface area contributed by atoms with Crippen LogP contribution >= 0.6 is 0 Å². The fraction of sp³-hybridized carbons (Fsp3) is 0.273. The first-order chi connectivity index (χ1) is 14.4. The van der Waals surface area contributed by atoms with Crippen LogP contribution in [0.25, 0.3) is 0 Å². The quantitative estimate of drug-likeness (QED) is 0.728. The number of sulfonamides is 1. The van der Waals surface area contributed by atoms with E-state index in [-0.39, 0.29) is 23.4 Å². The highest BCUT2D eigenvalue weighted by Gasteiger charge is 2.43. The molecule has 156 valence electrons. The van der Waals surface area contributed by atoms with Gasteiger partial charge in [-0.2, -0.15) is 4.31 Å². The number of ketones is 2. The molecule has 0 N–H and O–H groups in total. The van der Waals surface area contributed by atoms with E-state index in [1.54, 1.807) is 23.1 Å². The fourth-order valence-corrected chi connectivity index (χ4v) is 5.18. The summed E-state index contributed by atoms with van der Waals surface area (Å²) in [6.45, 7) is 1.50. The summed E-state index contributed by atoms with van der Waals surface area (Å²) >= 11 is 0. The highest BCUT2D eigenvalue weighted by Crippen LogP contribution is 2.33. The Kier molecular flexibility index (Phi) is 5.55. The molecule has 2 aromatic rings. The third-order valence-corrected chi connectivity index (χ3v) is 7.14. The zero-order valence-electron chi connectivity index (χ0n) is 16.6. The van der Waals surface area contributed by atoms with Crippen molar-refractivity contribution < 1.29 is 22.7 Å². The molecule has 8 heteroatoms. The summed E-state index contributed by atoms with van der Waals surface area (Å²) in [5.41, 5.74) is 1.08. The topological polar surface area (TPSA) is 84.0 Å². The van der Waals surface area contributed by atoms with Crippen molar-refractivity contribution in [2.24, 2.45) is 0 Å². The van der Waals surface area contributed by atoms with Gasteiger partial charge in [-0.3, -0.25) is 9.59 Å². The van der Waals surface area contributed by atoms with Crippen molar-refractivity contribution in [1.29, 1.82) is 0 Å². The van der Waals surface area contributed by atoms with Gasteiger partial charge in [-0.1, -0.05) is 54.6 Å². The third-order valence-electron chi connectivity index (χ3n) is 5.30. The number of ether oxygens (including phenoxy) is 1. The maximum Gasteiger partial charge on any atom is 0.249 e. The number of carbonyl (C=O) groups is 2. The van der Waals surface area contributed by atoms with E-state index in [1.165, 1.54) is 13.1 Å².